The number of hydrogen-bond acceptors (Lipinski definition) is 3. The van der Waals surface area contributed by atoms with Crippen LogP contribution in [0, 0.1) is 5.92 Å². The Hall–Kier alpha value is -1.22. The quantitative estimate of drug-likeness (QED) is 0.812. The largest absolute Gasteiger partial charge is 0.493 e. The lowest BCUT2D eigenvalue weighted by Gasteiger charge is -2.17. The first kappa shape index (κ1) is 13.2. The van der Waals surface area contributed by atoms with Crippen LogP contribution in [0.1, 0.15) is 26.3 Å². The molecule has 100 valence electrons. The van der Waals surface area contributed by atoms with Gasteiger partial charge in [-0.15, -0.1) is 0 Å². The van der Waals surface area contributed by atoms with Crippen LogP contribution < -0.4 is 15.4 Å². The molecule has 0 amide bonds. The van der Waals surface area contributed by atoms with E-state index in [2.05, 4.69) is 49.6 Å². The molecule has 1 aliphatic heterocycles. The first-order valence-corrected chi connectivity index (χ1v) is 6.88. The summed E-state index contributed by atoms with van der Waals surface area (Å²) in [4.78, 5) is 0. The Morgan fingerprint density at radius 2 is 2.17 bits per heavy atom. The van der Waals surface area contributed by atoms with Crippen LogP contribution in [0.5, 0.6) is 5.75 Å². The molecule has 1 aromatic carbocycles. The molecule has 0 saturated carbocycles. The zero-order chi connectivity index (χ0) is 13.0. The molecule has 0 spiro atoms. The molecule has 0 saturated heterocycles. The van der Waals surface area contributed by atoms with Gasteiger partial charge < -0.3 is 15.4 Å². The van der Waals surface area contributed by atoms with Crippen LogP contribution in [0.3, 0.4) is 0 Å². The Balaban J connectivity index is 1.85. The minimum Gasteiger partial charge on any atom is -0.493 e. The summed E-state index contributed by atoms with van der Waals surface area (Å²) in [6.45, 7) is 9.37. The molecule has 1 atom stereocenters. The number of anilines is 1. The van der Waals surface area contributed by atoms with Gasteiger partial charge in [0.25, 0.3) is 0 Å². The summed E-state index contributed by atoms with van der Waals surface area (Å²) in [5, 5.41) is 6.82. The maximum absolute atomic E-state index is 5.96. The molecule has 3 nitrogen and oxygen atoms in total. The van der Waals surface area contributed by atoms with Crippen LogP contribution in [0.4, 0.5) is 5.69 Å². The topological polar surface area (TPSA) is 33.3 Å². The maximum atomic E-state index is 5.96. The van der Waals surface area contributed by atoms with E-state index < -0.39 is 0 Å². The molecule has 0 bridgehead atoms. The molecule has 3 heteroatoms. The number of nitrogens with one attached hydrogen (secondary N) is 2. The highest BCUT2D eigenvalue weighted by molar-refractivity contribution is 5.61. The molecule has 1 aromatic rings. The molecule has 0 aromatic heterocycles. The van der Waals surface area contributed by atoms with Gasteiger partial charge in [-0.25, -0.2) is 0 Å². The van der Waals surface area contributed by atoms with Gasteiger partial charge in [-0.05, 0) is 18.6 Å². The zero-order valence-corrected chi connectivity index (χ0v) is 11.6. The fraction of sp³-hybridized carbons (Fsp3) is 0.600. The van der Waals surface area contributed by atoms with Crippen molar-refractivity contribution in [2.24, 2.45) is 5.92 Å². The molecule has 1 aliphatic rings. The fourth-order valence-electron chi connectivity index (χ4n) is 2.17. The minimum absolute atomic E-state index is 0.526. The number of rotatable bonds is 6. The lowest BCUT2D eigenvalue weighted by molar-refractivity contribution is 0.251. The van der Waals surface area contributed by atoms with Crippen molar-refractivity contribution in [3.05, 3.63) is 23.8 Å². The summed E-state index contributed by atoms with van der Waals surface area (Å²) in [6.07, 6.45) is 1.07. The highest BCUT2D eigenvalue weighted by atomic mass is 16.5. The van der Waals surface area contributed by atoms with Crippen LogP contribution >= 0.6 is 0 Å². The van der Waals surface area contributed by atoms with Gasteiger partial charge in [0.05, 0.1) is 6.61 Å². The van der Waals surface area contributed by atoms with Crippen molar-refractivity contribution in [1.29, 1.82) is 0 Å². The van der Waals surface area contributed by atoms with E-state index in [1.54, 1.807) is 0 Å². The van der Waals surface area contributed by atoms with Gasteiger partial charge in [-0.3, -0.25) is 0 Å². The maximum Gasteiger partial charge on any atom is 0.124 e. The lowest BCUT2D eigenvalue weighted by atomic mass is 10.1. The van der Waals surface area contributed by atoms with Gasteiger partial charge in [0.15, 0.2) is 0 Å². The third kappa shape index (κ3) is 3.39. The summed E-state index contributed by atoms with van der Waals surface area (Å²) < 4.78 is 5.96. The Labute approximate surface area is 110 Å². The van der Waals surface area contributed by atoms with Crippen LogP contribution in [0.2, 0.25) is 0 Å². The predicted octanol–water partition coefficient (Wildman–Crippen LogP) is 2.67. The molecule has 18 heavy (non-hydrogen) atoms. The molecule has 2 rings (SSSR count). The van der Waals surface area contributed by atoms with E-state index in [1.807, 2.05) is 0 Å². The van der Waals surface area contributed by atoms with E-state index >= 15 is 0 Å². The van der Waals surface area contributed by atoms with Gasteiger partial charge in [-0.2, -0.15) is 0 Å². The Morgan fingerprint density at radius 1 is 1.33 bits per heavy atom. The van der Waals surface area contributed by atoms with E-state index in [0.29, 0.717) is 12.0 Å². The molecule has 0 radical (unpaired) electrons. The summed E-state index contributed by atoms with van der Waals surface area (Å²) >= 11 is 0. The lowest BCUT2D eigenvalue weighted by Crippen LogP contribution is -2.30. The predicted molar refractivity (Wildman–Crippen MR) is 76.4 cm³/mol. The molecular formula is C15H24N2O. The molecule has 0 fully saturated rings. The van der Waals surface area contributed by atoms with E-state index in [-0.39, 0.29) is 0 Å². The van der Waals surface area contributed by atoms with E-state index in [1.165, 1.54) is 11.3 Å². The third-order valence-corrected chi connectivity index (χ3v) is 3.22. The van der Waals surface area contributed by atoms with Crippen molar-refractivity contribution in [1.82, 2.24) is 5.32 Å². The van der Waals surface area contributed by atoms with Gasteiger partial charge in [0.2, 0.25) is 0 Å². The zero-order valence-electron chi connectivity index (χ0n) is 11.6. The standard InChI is InChI=1S/C15H24N2O/c1-11(2)17-9-12(3)10-18-15-6-4-5-14-13(15)7-8-16-14/h4-6,11-12,16-17H,7-10H2,1-3H3. The highest BCUT2D eigenvalue weighted by Crippen LogP contribution is 2.30. The average Bonchev–Trinajstić information content (AvgIpc) is 2.82. The smallest absolute Gasteiger partial charge is 0.124 e. The van der Waals surface area contributed by atoms with E-state index in [0.717, 1.165) is 31.9 Å². The first-order chi connectivity index (χ1) is 8.66. The summed E-state index contributed by atoms with van der Waals surface area (Å²) in [5.41, 5.74) is 2.57. The molecule has 1 unspecified atom stereocenters. The van der Waals surface area contributed by atoms with Gasteiger partial charge in [0.1, 0.15) is 5.75 Å². The number of fused-ring (bicyclic) bond motifs is 1. The number of hydrogen-bond donors (Lipinski definition) is 2. The van der Waals surface area contributed by atoms with Crippen LogP contribution in [-0.4, -0.2) is 25.7 Å². The van der Waals surface area contributed by atoms with Crippen molar-refractivity contribution in [2.45, 2.75) is 33.2 Å². The SMILES string of the molecule is CC(CNC(C)C)COc1cccc2c1CCN2. The van der Waals surface area contributed by atoms with Crippen molar-refractivity contribution in [3.63, 3.8) is 0 Å². The summed E-state index contributed by atoms with van der Waals surface area (Å²) in [5.74, 6) is 1.58. The normalized spacial score (nSPS) is 15.3. The second kappa shape index (κ2) is 6.10. The summed E-state index contributed by atoms with van der Waals surface area (Å²) in [7, 11) is 0. The average molecular weight is 248 g/mol. The van der Waals surface area contributed by atoms with Crippen molar-refractivity contribution in [2.75, 3.05) is 25.0 Å². The van der Waals surface area contributed by atoms with Gasteiger partial charge >= 0.3 is 0 Å². The Morgan fingerprint density at radius 3 is 2.94 bits per heavy atom. The number of ether oxygens (including phenoxy) is 1. The second-order valence-electron chi connectivity index (χ2n) is 5.44. The van der Waals surface area contributed by atoms with Crippen molar-refractivity contribution in [3.8, 4) is 5.75 Å². The Kier molecular flexibility index (Phi) is 4.48. The van der Waals surface area contributed by atoms with Crippen LogP contribution in [-0.2, 0) is 6.42 Å². The highest BCUT2D eigenvalue weighted by Gasteiger charge is 2.15. The fourth-order valence-corrected chi connectivity index (χ4v) is 2.17. The Bertz CT molecular complexity index is 390. The number of benzene rings is 1. The first-order valence-electron chi connectivity index (χ1n) is 6.88. The molecule has 2 N–H and O–H groups in total. The molecular weight excluding hydrogens is 224 g/mol. The van der Waals surface area contributed by atoms with Gasteiger partial charge in [0, 0.05) is 36.3 Å². The van der Waals surface area contributed by atoms with Crippen molar-refractivity contribution >= 4 is 5.69 Å². The minimum atomic E-state index is 0.526. The second-order valence-corrected chi connectivity index (χ2v) is 5.44. The monoisotopic (exact) mass is 248 g/mol. The van der Waals surface area contributed by atoms with Crippen LogP contribution in [0.15, 0.2) is 18.2 Å². The van der Waals surface area contributed by atoms with Gasteiger partial charge in [-0.1, -0.05) is 26.8 Å². The van der Waals surface area contributed by atoms with E-state index in [9.17, 15) is 0 Å². The van der Waals surface area contributed by atoms with Crippen molar-refractivity contribution < 1.29 is 4.74 Å². The van der Waals surface area contributed by atoms with Crippen LogP contribution in [0.25, 0.3) is 0 Å². The molecule has 0 aliphatic carbocycles. The molecule has 1 heterocycles. The van der Waals surface area contributed by atoms with E-state index in [4.69, 9.17) is 4.74 Å². The summed E-state index contributed by atoms with van der Waals surface area (Å²) in [6, 6.07) is 6.80. The third-order valence-electron chi connectivity index (χ3n) is 3.22.